The number of nitrogens with one attached hydrogen (secondary N) is 2. The molecule has 3 aromatic carbocycles. The third-order valence-corrected chi connectivity index (χ3v) is 6.42. The molecule has 0 aliphatic heterocycles. The number of hydrogen-bond donors (Lipinski definition) is 2. The molecule has 0 bridgehead atoms. The number of amides is 2. The molecule has 0 saturated heterocycles. The number of hydrogen-bond acceptors (Lipinski definition) is 4. The van der Waals surface area contributed by atoms with Crippen molar-refractivity contribution in [2.24, 2.45) is 0 Å². The number of aryl methyl sites for hydroxylation is 1. The summed E-state index contributed by atoms with van der Waals surface area (Å²) in [7, 11) is -3.49. The molecular formula is C26H29N3O4S. The second kappa shape index (κ2) is 11.5. The molecule has 0 spiro atoms. The lowest BCUT2D eigenvalue weighted by atomic mass is 10.1. The summed E-state index contributed by atoms with van der Waals surface area (Å²) in [4.78, 5) is 25.2. The highest BCUT2D eigenvalue weighted by atomic mass is 32.2. The molecule has 0 atom stereocenters. The molecule has 0 fully saturated rings. The first kappa shape index (κ1) is 25.0. The summed E-state index contributed by atoms with van der Waals surface area (Å²) < 4.78 is 25.8. The smallest absolute Gasteiger partial charge is 0.253 e. The van der Waals surface area contributed by atoms with Gasteiger partial charge in [0.25, 0.3) is 5.91 Å². The van der Waals surface area contributed by atoms with Crippen molar-refractivity contribution in [3.63, 3.8) is 0 Å². The number of para-hydroxylation sites is 1. The summed E-state index contributed by atoms with van der Waals surface area (Å²) in [6.45, 7) is 2.48. The minimum atomic E-state index is -3.49. The molecule has 0 unspecified atom stereocenters. The van der Waals surface area contributed by atoms with Gasteiger partial charge < -0.3 is 10.6 Å². The number of carbonyl (C=O) groups excluding carboxylic acids is 2. The lowest BCUT2D eigenvalue weighted by molar-refractivity contribution is -0.116. The Labute approximate surface area is 200 Å². The molecule has 8 heteroatoms. The summed E-state index contributed by atoms with van der Waals surface area (Å²) >= 11 is 0. The Balaban J connectivity index is 1.58. The zero-order valence-corrected chi connectivity index (χ0v) is 20.1. The van der Waals surface area contributed by atoms with Crippen LogP contribution in [0.1, 0.15) is 34.3 Å². The van der Waals surface area contributed by atoms with Gasteiger partial charge in [-0.25, -0.2) is 8.42 Å². The molecule has 0 saturated carbocycles. The van der Waals surface area contributed by atoms with Crippen LogP contribution in [0, 0.1) is 6.92 Å². The Hall–Kier alpha value is -3.65. The van der Waals surface area contributed by atoms with E-state index in [-0.39, 0.29) is 24.8 Å². The van der Waals surface area contributed by atoms with Crippen LogP contribution in [0.25, 0.3) is 0 Å². The molecular weight excluding hydrogens is 450 g/mol. The van der Waals surface area contributed by atoms with Gasteiger partial charge in [0.15, 0.2) is 0 Å². The topological polar surface area (TPSA) is 95.6 Å². The summed E-state index contributed by atoms with van der Waals surface area (Å²) in [5.74, 6) is -0.581. The van der Waals surface area contributed by atoms with Gasteiger partial charge in [-0.2, -0.15) is 0 Å². The molecule has 0 aromatic heterocycles. The Bertz CT molecular complexity index is 1230. The highest BCUT2D eigenvalue weighted by Crippen LogP contribution is 2.20. The molecule has 3 aromatic rings. The summed E-state index contributed by atoms with van der Waals surface area (Å²) in [5, 5.41) is 5.64. The van der Waals surface area contributed by atoms with Gasteiger partial charge in [0.1, 0.15) is 0 Å². The minimum Gasteiger partial charge on any atom is -0.348 e. The monoisotopic (exact) mass is 479 g/mol. The van der Waals surface area contributed by atoms with Crippen molar-refractivity contribution in [1.29, 1.82) is 0 Å². The van der Waals surface area contributed by atoms with E-state index in [1.54, 1.807) is 36.4 Å². The number of nitrogens with zero attached hydrogens (tertiary/aromatic N) is 1. The largest absolute Gasteiger partial charge is 0.348 e. The minimum absolute atomic E-state index is 0.109. The lowest BCUT2D eigenvalue weighted by Gasteiger charge is -2.22. The number of sulfonamides is 1. The van der Waals surface area contributed by atoms with Crippen LogP contribution in [0.5, 0.6) is 0 Å². The molecule has 0 aliphatic carbocycles. The molecule has 3 rings (SSSR count). The van der Waals surface area contributed by atoms with Crippen LogP contribution in [0.15, 0.2) is 78.9 Å². The van der Waals surface area contributed by atoms with E-state index >= 15 is 0 Å². The van der Waals surface area contributed by atoms with E-state index < -0.39 is 10.0 Å². The molecule has 178 valence electrons. The zero-order valence-electron chi connectivity index (χ0n) is 19.3. The van der Waals surface area contributed by atoms with E-state index in [2.05, 4.69) is 10.6 Å². The average molecular weight is 480 g/mol. The highest BCUT2D eigenvalue weighted by Gasteiger charge is 2.18. The van der Waals surface area contributed by atoms with Crippen LogP contribution >= 0.6 is 0 Å². The van der Waals surface area contributed by atoms with Gasteiger partial charge in [0, 0.05) is 19.5 Å². The number of benzene rings is 3. The molecule has 0 radical (unpaired) electrons. The fourth-order valence-electron chi connectivity index (χ4n) is 3.46. The van der Waals surface area contributed by atoms with Gasteiger partial charge >= 0.3 is 0 Å². The second-order valence-electron chi connectivity index (χ2n) is 8.04. The van der Waals surface area contributed by atoms with Crippen LogP contribution in [0.2, 0.25) is 0 Å². The van der Waals surface area contributed by atoms with Crippen molar-refractivity contribution >= 4 is 33.2 Å². The molecule has 0 aliphatic rings. The van der Waals surface area contributed by atoms with Crippen molar-refractivity contribution in [2.75, 3.05) is 22.4 Å². The van der Waals surface area contributed by atoms with E-state index in [4.69, 9.17) is 0 Å². The van der Waals surface area contributed by atoms with E-state index in [0.717, 1.165) is 17.4 Å². The first-order valence-corrected chi connectivity index (χ1v) is 12.8. The highest BCUT2D eigenvalue weighted by molar-refractivity contribution is 7.92. The van der Waals surface area contributed by atoms with E-state index in [1.807, 2.05) is 49.4 Å². The van der Waals surface area contributed by atoms with Gasteiger partial charge in [-0.15, -0.1) is 0 Å². The Morgan fingerprint density at radius 1 is 0.882 bits per heavy atom. The third kappa shape index (κ3) is 7.18. The van der Waals surface area contributed by atoms with E-state index in [1.165, 1.54) is 4.31 Å². The van der Waals surface area contributed by atoms with Crippen LogP contribution in [0.4, 0.5) is 11.4 Å². The standard InChI is InChI=1S/C26H29N3O4S/c1-20-14-16-22(17-15-20)29(34(2,32)33)18-8-13-25(30)28-24-12-7-6-11-23(24)26(31)27-19-21-9-4-3-5-10-21/h3-7,9-12,14-17H,8,13,18-19H2,1-2H3,(H,27,31)(H,28,30). The number of rotatable bonds is 10. The van der Waals surface area contributed by atoms with Crippen molar-refractivity contribution in [3.8, 4) is 0 Å². The Morgan fingerprint density at radius 3 is 2.21 bits per heavy atom. The summed E-state index contributed by atoms with van der Waals surface area (Å²) in [5.41, 5.74) is 3.35. The maximum atomic E-state index is 12.7. The third-order valence-electron chi connectivity index (χ3n) is 5.23. The predicted molar refractivity (Wildman–Crippen MR) is 135 cm³/mol. The van der Waals surface area contributed by atoms with Crippen molar-refractivity contribution in [2.45, 2.75) is 26.3 Å². The quantitative estimate of drug-likeness (QED) is 0.457. The second-order valence-corrected chi connectivity index (χ2v) is 9.94. The van der Waals surface area contributed by atoms with E-state index in [9.17, 15) is 18.0 Å². The van der Waals surface area contributed by atoms with Crippen molar-refractivity contribution in [3.05, 3.63) is 95.6 Å². The fourth-order valence-corrected chi connectivity index (χ4v) is 4.42. The number of anilines is 2. The molecule has 2 N–H and O–H groups in total. The lowest BCUT2D eigenvalue weighted by Crippen LogP contribution is -2.31. The summed E-state index contributed by atoms with van der Waals surface area (Å²) in [6, 6.07) is 23.6. The molecule has 2 amide bonds. The predicted octanol–water partition coefficient (Wildman–Crippen LogP) is 4.11. The van der Waals surface area contributed by atoms with Gasteiger partial charge in [0.05, 0.1) is 23.2 Å². The maximum Gasteiger partial charge on any atom is 0.253 e. The number of carbonyl (C=O) groups is 2. The normalized spacial score (nSPS) is 11.0. The first-order valence-electron chi connectivity index (χ1n) is 11.0. The molecule has 34 heavy (non-hydrogen) atoms. The maximum absolute atomic E-state index is 12.7. The fraction of sp³-hybridized carbons (Fsp3) is 0.231. The first-order chi connectivity index (χ1) is 16.2. The molecule has 7 nitrogen and oxygen atoms in total. The average Bonchev–Trinajstić information content (AvgIpc) is 2.81. The van der Waals surface area contributed by atoms with Crippen molar-refractivity contribution < 1.29 is 18.0 Å². The zero-order chi connectivity index (χ0) is 24.6. The van der Waals surface area contributed by atoms with E-state index in [0.29, 0.717) is 29.9 Å². The van der Waals surface area contributed by atoms with Crippen molar-refractivity contribution in [1.82, 2.24) is 5.32 Å². The van der Waals surface area contributed by atoms with Crippen LogP contribution < -0.4 is 14.9 Å². The van der Waals surface area contributed by atoms with Gasteiger partial charge in [0.2, 0.25) is 15.9 Å². The Morgan fingerprint density at radius 2 is 1.53 bits per heavy atom. The van der Waals surface area contributed by atoms with Gasteiger partial charge in [-0.3, -0.25) is 13.9 Å². The SMILES string of the molecule is Cc1ccc(N(CCCC(=O)Nc2ccccc2C(=O)NCc2ccccc2)S(C)(=O)=O)cc1. The van der Waals surface area contributed by atoms with Crippen LogP contribution in [-0.4, -0.2) is 33.0 Å². The van der Waals surface area contributed by atoms with Crippen LogP contribution in [-0.2, 0) is 21.4 Å². The molecule has 0 heterocycles. The van der Waals surface area contributed by atoms with Gasteiger partial charge in [-0.1, -0.05) is 60.2 Å². The van der Waals surface area contributed by atoms with Gasteiger partial charge in [-0.05, 0) is 43.2 Å². The summed E-state index contributed by atoms with van der Waals surface area (Å²) in [6.07, 6.45) is 1.59. The Kier molecular flexibility index (Phi) is 8.43. The van der Waals surface area contributed by atoms with Crippen LogP contribution in [0.3, 0.4) is 0 Å².